The highest BCUT2D eigenvalue weighted by Gasteiger charge is 2.44. The fourth-order valence-electron chi connectivity index (χ4n) is 4.93. The molecule has 0 atom stereocenters. The molecule has 0 aromatic heterocycles. The van der Waals surface area contributed by atoms with Gasteiger partial charge in [-0.15, -0.1) is 0 Å². The normalized spacial score (nSPS) is 24.5. The summed E-state index contributed by atoms with van der Waals surface area (Å²) in [5.74, 6) is 1.06. The van der Waals surface area contributed by atoms with Crippen molar-refractivity contribution in [2.45, 2.75) is 43.9 Å². The van der Waals surface area contributed by atoms with Gasteiger partial charge in [-0.05, 0) is 55.2 Å². The van der Waals surface area contributed by atoms with E-state index >= 15 is 0 Å². The van der Waals surface area contributed by atoms with Gasteiger partial charge in [0.15, 0.2) is 5.96 Å². The van der Waals surface area contributed by atoms with E-state index in [-0.39, 0.29) is 5.41 Å². The van der Waals surface area contributed by atoms with Crippen LogP contribution in [-0.4, -0.2) is 50.8 Å². The highest BCUT2D eigenvalue weighted by molar-refractivity contribution is 6.30. The lowest BCUT2D eigenvalue weighted by atomic mass is 9.68. The molecule has 142 valence electrons. The van der Waals surface area contributed by atoms with Gasteiger partial charge in [-0.25, -0.2) is 0 Å². The summed E-state index contributed by atoms with van der Waals surface area (Å²) in [4.78, 5) is 7.06. The predicted molar refractivity (Wildman–Crippen MR) is 107 cm³/mol. The van der Waals surface area contributed by atoms with Crippen molar-refractivity contribution in [1.82, 2.24) is 10.2 Å². The monoisotopic (exact) mass is 375 g/mol. The minimum atomic E-state index is 0.0625. The number of nitrogens with one attached hydrogen (secondary N) is 1. The van der Waals surface area contributed by atoms with Gasteiger partial charge < -0.3 is 15.0 Å². The summed E-state index contributed by atoms with van der Waals surface area (Å²) in [6, 6.07) is 8.34. The van der Waals surface area contributed by atoms with Crippen molar-refractivity contribution in [3.8, 4) is 0 Å². The molecule has 1 aliphatic carbocycles. The maximum Gasteiger partial charge on any atom is 0.193 e. The van der Waals surface area contributed by atoms with Crippen LogP contribution in [0.25, 0.3) is 0 Å². The third kappa shape index (κ3) is 3.46. The summed E-state index contributed by atoms with van der Waals surface area (Å²) in [7, 11) is 1.91. The predicted octanol–water partition coefficient (Wildman–Crippen LogP) is 3.84. The van der Waals surface area contributed by atoms with Gasteiger partial charge in [0.2, 0.25) is 0 Å². The van der Waals surface area contributed by atoms with Crippen molar-refractivity contribution >= 4 is 17.6 Å². The van der Waals surface area contributed by atoms with E-state index < -0.39 is 0 Å². The molecule has 1 aromatic carbocycles. The van der Waals surface area contributed by atoms with Crippen LogP contribution >= 0.6 is 11.6 Å². The van der Waals surface area contributed by atoms with Crippen LogP contribution in [0.4, 0.5) is 0 Å². The number of guanidine groups is 1. The zero-order valence-electron chi connectivity index (χ0n) is 15.8. The van der Waals surface area contributed by atoms with Gasteiger partial charge in [-0.3, -0.25) is 4.99 Å². The highest BCUT2D eigenvalue weighted by Crippen LogP contribution is 2.48. The molecule has 5 heteroatoms. The third-order valence-electron chi connectivity index (χ3n) is 6.84. The Labute approximate surface area is 162 Å². The first-order valence-corrected chi connectivity index (χ1v) is 10.3. The Balaban J connectivity index is 1.47. The average Bonchev–Trinajstić information content (AvgIpc) is 3.09. The lowest BCUT2D eigenvalue weighted by molar-refractivity contribution is 0.0511. The molecule has 1 N–H and O–H groups in total. The minimum absolute atomic E-state index is 0.0625. The molecule has 1 saturated carbocycles. The molecule has 1 aromatic rings. The van der Waals surface area contributed by atoms with Crippen molar-refractivity contribution in [3.05, 3.63) is 34.9 Å². The average molecular weight is 376 g/mol. The first-order chi connectivity index (χ1) is 12.6. The number of benzene rings is 1. The van der Waals surface area contributed by atoms with Gasteiger partial charge in [0, 0.05) is 50.3 Å². The zero-order chi connectivity index (χ0) is 18.0. The van der Waals surface area contributed by atoms with Crippen LogP contribution in [0, 0.1) is 5.41 Å². The Morgan fingerprint density at radius 1 is 1.23 bits per heavy atom. The summed E-state index contributed by atoms with van der Waals surface area (Å²) in [6.07, 6.45) is 7.54. The van der Waals surface area contributed by atoms with Crippen molar-refractivity contribution in [2.24, 2.45) is 10.4 Å². The second-order valence-corrected chi connectivity index (χ2v) is 8.77. The number of hydrogen-bond acceptors (Lipinski definition) is 2. The first-order valence-electron chi connectivity index (χ1n) is 9.94. The summed E-state index contributed by atoms with van der Waals surface area (Å²) in [6.45, 7) is 4.79. The van der Waals surface area contributed by atoms with Gasteiger partial charge in [-0.1, -0.05) is 30.2 Å². The van der Waals surface area contributed by atoms with Gasteiger partial charge >= 0.3 is 0 Å². The second kappa shape index (κ2) is 7.40. The van der Waals surface area contributed by atoms with E-state index in [1.165, 1.54) is 37.8 Å². The van der Waals surface area contributed by atoms with Gasteiger partial charge in [0.25, 0.3) is 0 Å². The number of hydrogen-bond donors (Lipinski definition) is 1. The molecule has 2 saturated heterocycles. The standard InChI is InChI=1S/C21H30ClN3O/c1-23-19(25-11-8-20(16-25)6-3-7-20)24-15-21(9-12-26-13-10-21)17-4-2-5-18(22)14-17/h2,4-5,14H,3,6-13,15-16H2,1H3,(H,23,24). The molecule has 4 nitrogen and oxygen atoms in total. The maximum absolute atomic E-state index is 6.29. The molecular formula is C21H30ClN3O. The van der Waals surface area contributed by atoms with E-state index in [9.17, 15) is 0 Å². The van der Waals surface area contributed by atoms with E-state index in [4.69, 9.17) is 16.3 Å². The second-order valence-electron chi connectivity index (χ2n) is 8.33. The van der Waals surface area contributed by atoms with Crippen molar-refractivity contribution in [2.75, 3.05) is 39.9 Å². The van der Waals surface area contributed by atoms with Crippen LogP contribution < -0.4 is 5.32 Å². The molecule has 0 radical (unpaired) electrons. The summed E-state index contributed by atoms with van der Waals surface area (Å²) < 4.78 is 5.66. The number of ether oxygens (including phenoxy) is 1. The summed E-state index contributed by atoms with van der Waals surface area (Å²) in [5.41, 5.74) is 1.96. The fourth-order valence-corrected chi connectivity index (χ4v) is 5.12. The molecule has 0 amide bonds. The molecule has 26 heavy (non-hydrogen) atoms. The Hall–Kier alpha value is -1.26. The Bertz CT molecular complexity index is 665. The molecule has 3 fully saturated rings. The number of nitrogens with zero attached hydrogens (tertiary/aromatic N) is 2. The molecular weight excluding hydrogens is 346 g/mol. The quantitative estimate of drug-likeness (QED) is 0.644. The van der Waals surface area contributed by atoms with Gasteiger partial charge in [0.1, 0.15) is 0 Å². The number of likely N-dealkylation sites (tertiary alicyclic amines) is 1. The molecule has 0 bridgehead atoms. The van der Waals surface area contributed by atoms with E-state index in [0.29, 0.717) is 5.41 Å². The zero-order valence-corrected chi connectivity index (χ0v) is 16.5. The van der Waals surface area contributed by atoms with E-state index in [2.05, 4.69) is 33.4 Å². The lowest BCUT2D eigenvalue weighted by Crippen LogP contribution is -2.49. The SMILES string of the molecule is CN=C(NCC1(c2cccc(Cl)c2)CCOCC1)N1CCC2(CCC2)C1. The van der Waals surface area contributed by atoms with Gasteiger partial charge in [-0.2, -0.15) is 0 Å². The fraction of sp³-hybridized carbons (Fsp3) is 0.667. The summed E-state index contributed by atoms with van der Waals surface area (Å²) >= 11 is 6.29. The van der Waals surface area contributed by atoms with Crippen molar-refractivity contribution < 1.29 is 4.74 Å². The largest absolute Gasteiger partial charge is 0.381 e. The van der Waals surface area contributed by atoms with Crippen LogP contribution in [-0.2, 0) is 10.2 Å². The highest BCUT2D eigenvalue weighted by atomic mass is 35.5. The number of rotatable bonds is 3. The van der Waals surface area contributed by atoms with Crippen LogP contribution in [0.15, 0.2) is 29.3 Å². The maximum atomic E-state index is 6.29. The smallest absolute Gasteiger partial charge is 0.193 e. The molecule has 2 heterocycles. The third-order valence-corrected chi connectivity index (χ3v) is 7.07. The van der Waals surface area contributed by atoms with Crippen LogP contribution in [0.3, 0.4) is 0 Å². The molecule has 0 unspecified atom stereocenters. The van der Waals surface area contributed by atoms with E-state index in [1.54, 1.807) is 0 Å². The minimum Gasteiger partial charge on any atom is -0.381 e. The van der Waals surface area contributed by atoms with Gasteiger partial charge in [0.05, 0.1) is 0 Å². The Morgan fingerprint density at radius 2 is 2.04 bits per heavy atom. The van der Waals surface area contributed by atoms with E-state index in [0.717, 1.165) is 50.1 Å². The molecule has 4 rings (SSSR count). The molecule has 2 aliphatic heterocycles. The van der Waals surface area contributed by atoms with Crippen LogP contribution in [0.2, 0.25) is 5.02 Å². The molecule has 3 aliphatic rings. The first kappa shape index (κ1) is 18.1. The lowest BCUT2D eigenvalue weighted by Gasteiger charge is -2.40. The number of aliphatic imine (C=N–C) groups is 1. The van der Waals surface area contributed by atoms with Crippen molar-refractivity contribution in [1.29, 1.82) is 0 Å². The Kier molecular flexibility index (Phi) is 5.15. The van der Waals surface area contributed by atoms with Crippen molar-refractivity contribution in [3.63, 3.8) is 0 Å². The topological polar surface area (TPSA) is 36.9 Å². The summed E-state index contributed by atoms with van der Waals surface area (Å²) in [5, 5.41) is 4.51. The van der Waals surface area contributed by atoms with E-state index in [1.807, 2.05) is 13.1 Å². The van der Waals surface area contributed by atoms with Crippen LogP contribution in [0.1, 0.15) is 44.1 Å². The Morgan fingerprint density at radius 3 is 2.65 bits per heavy atom. The number of halogens is 1. The molecule has 1 spiro atoms. The van der Waals surface area contributed by atoms with Crippen LogP contribution in [0.5, 0.6) is 0 Å².